The molecule has 1 aromatic carbocycles. The number of hydrogen-bond acceptors (Lipinski definition) is 5. The third kappa shape index (κ3) is 4.80. The number of alkyl halides is 1. The maximum atomic E-state index is 13.6. The minimum atomic E-state index is -0.396. The fourth-order valence-electron chi connectivity index (χ4n) is 3.50. The van der Waals surface area contributed by atoms with Gasteiger partial charge in [-0.05, 0) is 51.2 Å². The average Bonchev–Trinajstić information content (AvgIpc) is 3.04. The van der Waals surface area contributed by atoms with E-state index in [0.717, 1.165) is 31.6 Å². The SMILES string of the molecule is COC(=O)C1=C(N(C(=O)c2ccc(Cl)cc2Cl)C2CCN(C)CC2)CC(I)S1. The third-order valence-electron chi connectivity index (χ3n) is 4.96. The molecular weight excluding hydrogens is 534 g/mol. The van der Waals surface area contributed by atoms with Crippen LogP contribution in [0.15, 0.2) is 28.8 Å². The van der Waals surface area contributed by atoms with Crippen LogP contribution in [0, 0.1) is 0 Å². The Labute approximate surface area is 192 Å². The Kier molecular flexibility index (Phi) is 7.58. The number of halogens is 3. The Morgan fingerprint density at radius 2 is 1.96 bits per heavy atom. The monoisotopic (exact) mass is 554 g/mol. The molecule has 1 fully saturated rings. The summed E-state index contributed by atoms with van der Waals surface area (Å²) in [6, 6.07) is 4.89. The molecule has 3 rings (SSSR count). The second kappa shape index (κ2) is 9.55. The van der Waals surface area contributed by atoms with Crippen LogP contribution in [0.4, 0.5) is 0 Å². The number of piperidine rings is 1. The number of hydrogen-bond donors (Lipinski definition) is 0. The number of nitrogens with zero attached hydrogens (tertiary/aromatic N) is 2. The highest BCUT2D eigenvalue weighted by atomic mass is 127. The maximum Gasteiger partial charge on any atom is 0.346 e. The molecule has 0 radical (unpaired) electrons. The van der Waals surface area contributed by atoms with Gasteiger partial charge in [0.1, 0.15) is 4.91 Å². The molecule has 1 amide bonds. The Morgan fingerprint density at radius 3 is 2.57 bits per heavy atom. The van der Waals surface area contributed by atoms with E-state index in [1.807, 2.05) is 0 Å². The van der Waals surface area contributed by atoms with E-state index in [2.05, 4.69) is 34.5 Å². The van der Waals surface area contributed by atoms with Crippen LogP contribution in [-0.4, -0.2) is 58.2 Å². The van der Waals surface area contributed by atoms with Crippen molar-refractivity contribution >= 4 is 69.4 Å². The van der Waals surface area contributed by atoms with Gasteiger partial charge in [-0.25, -0.2) is 4.79 Å². The molecule has 0 N–H and O–H groups in total. The molecule has 0 spiro atoms. The van der Waals surface area contributed by atoms with Gasteiger partial charge in [0.25, 0.3) is 5.91 Å². The fourth-order valence-corrected chi connectivity index (χ4v) is 6.17. The number of carbonyl (C=O) groups excluding carboxylic acids is 2. The van der Waals surface area contributed by atoms with Crippen LogP contribution in [0.5, 0.6) is 0 Å². The van der Waals surface area contributed by atoms with Gasteiger partial charge in [0.2, 0.25) is 0 Å². The molecule has 2 aliphatic rings. The molecule has 28 heavy (non-hydrogen) atoms. The van der Waals surface area contributed by atoms with Crippen LogP contribution in [-0.2, 0) is 9.53 Å². The number of benzene rings is 1. The van der Waals surface area contributed by atoms with Gasteiger partial charge in [0, 0.05) is 23.2 Å². The minimum absolute atomic E-state index is 0.00685. The maximum absolute atomic E-state index is 13.6. The summed E-state index contributed by atoms with van der Waals surface area (Å²) in [5.41, 5.74) is 1.13. The summed E-state index contributed by atoms with van der Waals surface area (Å²) in [5, 5.41) is 0.790. The number of ether oxygens (including phenoxy) is 1. The highest BCUT2D eigenvalue weighted by Gasteiger charge is 2.38. The van der Waals surface area contributed by atoms with E-state index < -0.39 is 5.97 Å². The number of thioether (sulfide) groups is 1. The van der Waals surface area contributed by atoms with Gasteiger partial charge in [-0.15, -0.1) is 11.8 Å². The molecule has 1 atom stereocenters. The third-order valence-corrected chi connectivity index (χ3v) is 7.77. The lowest BCUT2D eigenvalue weighted by Crippen LogP contribution is -2.46. The number of amides is 1. The number of allylic oxidation sites excluding steroid dienone is 1. The van der Waals surface area contributed by atoms with Crippen LogP contribution in [0.25, 0.3) is 0 Å². The smallest absolute Gasteiger partial charge is 0.346 e. The molecule has 152 valence electrons. The van der Waals surface area contributed by atoms with Gasteiger partial charge >= 0.3 is 5.97 Å². The number of esters is 1. The molecular formula is C19H21Cl2IN2O3S. The molecule has 1 unspecified atom stereocenters. The Morgan fingerprint density at radius 1 is 1.29 bits per heavy atom. The lowest BCUT2D eigenvalue weighted by Gasteiger charge is -2.38. The summed E-state index contributed by atoms with van der Waals surface area (Å²) < 4.78 is 5.15. The van der Waals surface area contributed by atoms with E-state index in [9.17, 15) is 9.59 Å². The van der Waals surface area contributed by atoms with Gasteiger partial charge < -0.3 is 14.5 Å². The van der Waals surface area contributed by atoms with E-state index in [0.29, 0.717) is 26.9 Å². The topological polar surface area (TPSA) is 49.9 Å². The summed E-state index contributed by atoms with van der Waals surface area (Å²) in [6.07, 6.45) is 2.29. The van der Waals surface area contributed by atoms with Crippen LogP contribution in [0.3, 0.4) is 0 Å². The summed E-state index contributed by atoms with van der Waals surface area (Å²) in [5.74, 6) is -0.592. The molecule has 1 aromatic rings. The van der Waals surface area contributed by atoms with Gasteiger partial charge in [0.15, 0.2) is 0 Å². The highest BCUT2D eigenvalue weighted by Crippen LogP contribution is 2.45. The van der Waals surface area contributed by atoms with E-state index >= 15 is 0 Å². The van der Waals surface area contributed by atoms with Crippen molar-refractivity contribution in [2.75, 3.05) is 27.2 Å². The van der Waals surface area contributed by atoms with Crippen LogP contribution < -0.4 is 0 Å². The molecule has 0 saturated carbocycles. The van der Waals surface area contributed by atoms with Crippen LogP contribution in [0.1, 0.15) is 29.6 Å². The number of carbonyl (C=O) groups is 2. The van der Waals surface area contributed by atoms with Crippen molar-refractivity contribution in [3.05, 3.63) is 44.4 Å². The zero-order valence-electron chi connectivity index (χ0n) is 15.6. The molecule has 5 nitrogen and oxygen atoms in total. The number of rotatable bonds is 4. The highest BCUT2D eigenvalue weighted by molar-refractivity contribution is 14.1. The summed E-state index contributed by atoms with van der Waals surface area (Å²) in [6.45, 7) is 1.79. The van der Waals surface area contributed by atoms with Crippen molar-refractivity contribution in [3.63, 3.8) is 0 Å². The average molecular weight is 555 g/mol. The Bertz CT molecular complexity index is 812. The van der Waals surface area contributed by atoms with Crippen molar-refractivity contribution in [2.45, 2.75) is 28.6 Å². The van der Waals surface area contributed by atoms with Crippen molar-refractivity contribution in [2.24, 2.45) is 0 Å². The molecule has 0 aliphatic carbocycles. The van der Waals surface area contributed by atoms with E-state index in [1.165, 1.54) is 18.9 Å². The first-order valence-corrected chi connectivity index (χ1v) is 11.8. The molecule has 2 heterocycles. The van der Waals surface area contributed by atoms with Crippen molar-refractivity contribution in [1.29, 1.82) is 0 Å². The Hall–Kier alpha value is -0.480. The van der Waals surface area contributed by atoms with E-state index in [-0.39, 0.29) is 15.2 Å². The van der Waals surface area contributed by atoms with Gasteiger partial charge in [-0.3, -0.25) is 4.79 Å². The predicted octanol–water partition coefficient (Wildman–Crippen LogP) is 4.81. The zero-order chi connectivity index (χ0) is 20.4. The summed E-state index contributed by atoms with van der Waals surface area (Å²) in [7, 11) is 3.44. The lowest BCUT2D eigenvalue weighted by atomic mass is 10.0. The standard InChI is InChI=1S/C19H21Cl2IN2O3S/c1-23-7-5-12(6-8-23)24(15-10-16(22)28-17(15)19(26)27-2)18(25)13-4-3-11(20)9-14(13)21/h3-4,9,12,16H,5-8,10H2,1-2H3. The van der Waals surface area contributed by atoms with Gasteiger partial charge in [-0.1, -0.05) is 45.8 Å². The molecule has 9 heteroatoms. The van der Waals surface area contributed by atoms with Crippen LogP contribution >= 0.6 is 57.6 Å². The minimum Gasteiger partial charge on any atom is -0.465 e. The van der Waals surface area contributed by atoms with Crippen molar-refractivity contribution in [1.82, 2.24) is 9.80 Å². The second-order valence-corrected chi connectivity index (χ2v) is 11.2. The van der Waals surface area contributed by atoms with Gasteiger partial charge in [-0.2, -0.15) is 0 Å². The molecule has 0 bridgehead atoms. The first-order chi connectivity index (χ1) is 13.3. The normalized spacial score (nSPS) is 21.1. The summed E-state index contributed by atoms with van der Waals surface area (Å²) in [4.78, 5) is 30.5. The second-order valence-electron chi connectivity index (χ2n) is 6.83. The van der Waals surface area contributed by atoms with Crippen molar-refractivity contribution < 1.29 is 14.3 Å². The number of methoxy groups -OCH3 is 1. The first-order valence-electron chi connectivity index (χ1n) is 8.91. The van der Waals surface area contributed by atoms with Crippen LogP contribution in [0.2, 0.25) is 10.0 Å². The van der Waals surface area contributed by atoms with Crippen molar-refractivity contribution in [3.8, 4) is 0 Å². The quantitative estimate of drug-likeness (QED) is 0.304. The Balaban J connectivity index is 2.04. The molecule has 1 saturated heterocycles. The zero-order valence-corrected chi connectivity index (χ0v) is 20.1. The van der Waals surface area contributed by atoms with Gasteiger partial charge in [0.05, 0.1) is 21.0 Å². The largest absolute Gasteiger partial charge is 0.465 e. The molecule has 2 aliphatic heterocycles. The fraction of sp³-hybridized carbons (Fsp3) is 0.474. The van der Waals surface area contributed by atoms with E-state index in [1.54, 1.807) is 23.1 Å². The van der Waals surface area contributed by atoms with E-state index in [4.69, 9.17) is 27.9 Å². The predicted molar refractivity (Wildman–Crippen MR) is 122 cm³/mol. The summed E-state index contributed by atoms with van der Waals surface area (Å²) >= 11 is 16.1. The molecule has 0 aromatic heterocycles. The number of likely N-dealkylation sites (tertiary alicyclic amines) is 1. The lowest BCUT2D eigenvalue weighted by molar-refractivity contribution is -0.135. The first kappa shape index (κ1) is 22.2.